The standard InChI is InChI=1S/C20H26F2N2O4/c1-13-4-3-5-20(11-13)24(17(12-28-20)18(25)23-6-7-27-2)19(26)14-8-15(21)10-16(22)9-14/h8-10,13,17H,3-7,11-12H2,1-2H3,(H,23,25)/t13-,17+,20+/m1/s1. The second-order valence-electron chi connectivity index (χ2n) is 7.59. The second kappa shape index (κ2) is 8.53. The minimum absolute atomic E-state index is 0.0507. The molecule has 1 aromatic rings. The first-order chi connectivity index (χ1) is 13.4. The van der Waals surface area contributed by atoms with E-state index in [2.05, 4.69) is 12.2 Å². The fourth-order valence-corrected chi connectivity index (χ4v) is 4.22. The van der Waals surface area contributed by atoms with Crippen molar-refractivity contribution >= 4 is 11.8 Å². The Bertz CT molecular complexity index is 725. The Kier molecular flexibility index (Phi) is 6.30. The van der Waals surface area contributed by atoms with E-state index in [0.717, 1.165) is 25.0 Å². The maximum Gasteiger partial charge on any atom is 0.257 e. The summed E-state index contributed by atoms with van der Waals surface area (Å²) in [5.41, 5.74) is -1.06. The van der Waals surface area contributed by atoms with Crippen molar-refractivity contribution in [2.24, 2.45) is 5.92 Å². The average Bonchev–Trinajstić information content (AvgIpc) is 2.98. The van der Waals surface area contributed by atoms with Gasteiger partial charge in [0.1, 0.15) is 23.4 Å². The van der Waals surface area contributed by atoms with Gasteiger partial charge in [-0.05, 0) is 37.3 Å². The third kappa shape index (κ3) is 4.17. The maximum absolute atomic E-state index is 13.7. The van der Waals surface area contributed by atoms with Crippen LogP contribution in [0, 0.1) is 17.6 Å². The van der Waals surface area contributed by atoms with E-state index in [1.54, 1.807) is 0 Å². The molecule has 1 aliphatic carbocycles. The van der Waals surface area contributed by atoms with Crippen molar-refractivity contribution in [2.75, 3.05) is 26.9 Å². The third-order valence-electron chi connectivity index (χ3n) is 5.43. The van der Waals surface area contributed by atoms with E-state index in [9.17, 15) is 18.4 Å². The lowest BCUT2D eigenvalue weighted by molar-refractivity contribution is -0.128. The van der Waals surface area contributed by atoms with Crippen molar-refractivity contribution in [3.8, 4) is 0 Å². The first-order valence-electron chi connectivity index (χ1n) is 9.56. The predicted octanol–water partition coefficient (Wildman–Crippen LogP) is 2.47. The normalized spacial score (nSPS) is 27.2. The number of hydrogen-bond donors (Lipinski definition) is 1. The largest absolute Gasteiger partial charge is 0.383 e. The summed E-state index contributed by atoms with van der Waals surface area (Å²) in [6.07, 6.45) is 3.02. The molecule has 0 unspecified atom stereocenters. The summed E-state index contributed by atoms with van der Waals surface area (Å²) in [6, 6.07) is 1.83. The zero-order valence-electron chi connectivity index (χ0n) is 16.2. The predicted molar refractivity (Wildman–Crippen MR) is 97.5 cm³/mol. The van der Waals surface area contributed by atoms with Crippen LogP contribution in [0.25, 0.3) is 0 Å². The highest BCUT2D eigenvalue weighted by Gasteiger charge is 2.54. The molecule has 0 aromatic heterocycles. The Balaban J connectivity index is 1.92. The summed E-state index contributed by atoms with van der Waals surface area (Å²) in [7, 11) is 1.53. The number of nitrogens with one attached hydrogen (secondary N) is 1. The summed E-state index contributed by atoms with van der Waals surface area (Å²) in [6.45, 7) is 2.76. The molecule has 1 aliphatic heterocycles. The Morgan fingerprint density at radius 1 is 1.32 bits per heavy atom. The van der Waals surface area contributed by atoms with Gasteiger partial charge in [-0.15, -0.1) is 0 Å². The molecule has 8 heteroatoms. The van der Waals surface area contributed by atoms with Gasteiger partial charge in [-0.1, -0.05) is 13.3 Å². The summed E-state index contributed by atoms with van der Waals surface area (Å²) in [5, 5.41) is 2.73. The van der Waals surface area contributed by atoms with Crippen LogP contribution in [0.15, 0.2) is 18.2 Å². The Labute approximate surface area is 163 Å². The van der Waals surface area contributed by atoms with E-state index in [1.165, 1.54) is 12.0 Å². The van der Waals surface area contributed by atoms with Gasteiger partial charge in [-0.25, -0.2) is 8.78 Å². The number of rotatable bonds is 5. The number of carbonyl (C=O) groups is 2. The zero-order valence-corrected chi connectivity index (χ0v) is 16.2. The molecule has 2 aliphatic rings. The summed E-state index contributed by atoms with van der Waals surface area (Å²) in [5.74, 6) is -2.33. The van der Waals surface area contributed by atoms with Crippen LogP contribution in [0.3, 0.4) is 0 Å². The summed E-state index contributed by atoms with van der Waals surface area (Å²) in [4.78, 5) is 27.4. The van der Waals surface area contributed by atoms with Crippen LogP contribution >= 0.6 is 0 Å². The zero-order chi connectivity index (χ0) is 20.3. The van der Waals surface area contributed by atoms with Gasteiger partial charge in [0.15, 0.2) is 0 Å². The van der Waals surface area contributed by atoms with Gasteiger partial charge in [0.2, 0.25) is 5.91 Å². The highest BCUT2D eigenvalue weighted by atomic mass is 19.1. The van der Waals surface area contributed by atoms with Gasteiger partial charge in [-0.3, -0.25) is 14.5 Å². The molecule has 1 aromatic carbocycles. The molecule has 1 saturated heterocycles. The Morgan fingerprint density at radius 2 is 2.04 bits per heavy atom. The molecule has 1 heterocycles. The molecule has 1 saturated carbocycles. The monoisotopic (exact) mass is 396 g/mol. The van der Waals surface area contributed by atoms with Crippen molar-refractivity contribution in [3.63, 3.8) is 0 Å². The number of methoxy groups -OCH3 is 1. The van der Waals surface area contributed by atoms with Crippen LogP contribution in [0.1, 0.15) is 43.0 Å². The fraction of sp³-hybridized carbons (Fsp3) is 0.600. The van der Waals surface area contributed by atoms with E-state index >= 15 is 0 Å². The van der Waals surface area contributed by atoms with Crippen molar-refractivity contribution in [1.82, 2.24) is 10.2 Å². The summed E-state index contributed by atoms with van der Waals surface area (Å²) >= 11 is 0. The molecule has 6 nitrogen and oxygen atoms in total. The van der Waals surface area contributed by atoms with E-state index in [-0.39, 0.29) is 18.1 Å². The van der Waals surface area contributed by atoms with Crippen LogP contribution in [-0.4, -0.2) is 55.3 Å². The Morgan fingerprint density at radius 3 is 2.68 bits per heavy atom. The van der Waals surface area contributed by atoms with E-state index in [1.807, 2.05) is 0 Å². The minimum atomic E-state index is -0.930. The van der Waals surface area contributed by atoms with Gasteiger partial charge >= 0.3 is 0 Å². The molecular formula is C20H26F2N2O4. The first-order valence-corrected chi connectivity index (χ1v) is 9.56. The summed E-state index contributed by atoms with van der Waals surface area (Å²) < 4.78 is 38.4. The molecule has 1 N–H and O–H groups in total. The van der Waals surface area contributed by atoms with E-state index < -0.39 is 29.3 Å². The molecule has 154 valence electrons. The topological polar surface area (TPSA) is 67.9 Å². The molecule has 1 spiro atoms. The van der Waals surface area contributed by atoms with Crippen molar-refractivity contribution in [3.05, 3.63) is 35.4 Å². The highest BCUT2D eigenvalue weighted by molar-refractivity contribution is 5.98. The molecule has 3 atom stereocenters. The molecule has 3 rings (SSSR count). The van der Waals surface area contributed by atoms with Gasteiger partial charge in [0.05, 0.1) is 13.2 Å². The van der Waals surface area contributed by atoms with Crippen molar-refractivity contribution in [1.29, 1.82) is 0 Å². The highest BCUT2D eigenvalue weighted by Crippen LogP contribution is 2.43. The number of hydrogen-bond acceptors (Lipinski definition) is 4. The van der Waals surface area contributed by atoms with Crippen LogP contribution in [0.4, 0.5) is 8.78 Å². The van der Waals surface area contributed by atoms with Crippen LogP contribution in [0.5, 0.6) is 0 Å². The van der Waals surface area contributed by atoms with E-state index in [4.69, 9.17) is 9.47 Å². The van der Waals surface area contributed by atoms with Crippen LogP contribution < -0.4 is 5.32 Å². The second-order valence-corrected chi connectivity index (χ2v) is 7.59. The molecule has 2 fully saturated rings. The number of benzene rings is 1. The lowest BCUT2D eigenvalue weighted by Gasteiger charge is -2.43. The van der Waals surface area contributed by atoms with E-state index in [0.29, 0.717) is 38.0 Å². The van der Waals surface area contributed by atoms with Gasteiger partial charge < -0.3 is 14.8 Å². The van der Waals surface area contributed by atoms with Gasteiger partial charge in [0, 0.05) is 25.3 Å². The Hall–Kier alpha value is -2.06. The molecular weight excluding hydrogens is 370 g/mol. The number of nitrogens with zero attached hydrogens (tertiary/aromatic N) is 1. The van der Waals surface area contributed by atoms with Crippen LogP contribution in [-0.2, 0) is 14.3 Å². The third-order valence-corrected chi connectivity index (χ3v) is 5.43. The lowest BCUT2D eigenvalue weighted by Crippen LogP contribution is -2.57. The molecule has 28 heavy (non-hydrogen) atoms. The molecule has 0 bridgehead atoms. The lowest BCUT2D eigenvalue weighted by atomic mass is 9.83. The average molecular weight is 396 g/mol. The van der Waals surface area contributed by atoms with Gasteiger partial charge in [0.25, 0.3) is 5.91 Å². The quantitative estimate of drug-likeness (QED) is 0.777. The molecule has 0 radical (unpaired) electrons. The van der Waals surface area contributed by atoms with Gasteiger partial charge in [-0.2, -0.15) is 0 Å². The number of ether oxygens (including phenoxy) is 2. The number of amides is 2. The van der Waals surface area contributed by atoms with Crippen molar-refractivity contribution < 1.29 is 27.8 Å². The smallest absolute Gasteiger partial charge is 0.257 e. The first kappa shape index (κ1) is 20.7. The van der Waals surface area contributed by atoms with Crippen LogP contribution in [0.2, 0.25) is 0 Å². The maximum atomic E-state index is 13.7. The fourth-order valence-electron chi connectivity index (χ4n) is 4.22. The minimum Gasteiger partial charge on any atom is -0.383 e. The number of halogens is 2. The number of carbonyl (C=O) groups excluding carboxylic acids is 2. The molecule has 2 amide bonds. The van der Waals surface area contributed by atoms with Crippen molar-refractivity contribution in [2.45, 2.75) is 44.4 Å². The SMILES string of the molecule is COCCNC(=O)[C@@H]1CO[C@]2(CCC[C@@H](C)C2)N1C(=O)c1cc(F)cc(F)c1.